The molecule has 1 aliphatic rings. The van der Waals surface area contributed by atoms with E-state index < -0.39 is 0 Å². The third-order valence-electron chi connectivity index (χ3n) is 3.42. The second-order valence-corrected chi connectivity index (χ2v) is 4.93. The number of hydrogen-bond donors (Lipinski definition) is 0. The largest absolute Gasteiger partial charge is 0.454 e. The Labute approximate surface area is 122 Å². The molecule has 0 saturated heterocycles. The quantitative estimate of drug-likeness (QED) is 0.846. The molecule has 1 amide bonds. The Morgan fingerprint density at radius 2 is 2.24 bits per heavy atom. The molecule has 0 fully saturated rings. The molecule has 3 rings (SSSR count). The molecule has 0 bridgehead atoms. The minimum absolute atomic E-state index is 0.0295. The van der Waals surface area contributed by atoms with E-state index in [4.69, 9.17) is 9.47 Å². The van der Waals surface area contributed by atoms with Gasteiger partial charge in [0.25, 0.3) is 0 Å². The number of carbonyl (C=O) groups is 1. The molecule has 2 heterocycles. The predicted molar refractivity (Wildman–Crippen MR) is 73.8 cm³/mol. The van der Waals surface area contributed by atoms with Crippen LogP contribution in [0.15, 0.2) is 30.9 Å². The molecule has 110 valence electrons. The molecular weight excluding hydrogens is 272 g/mol. The van der Waals surface area contributed by atoms with Gasteiger partial charge in [0.2, 0.25) is 12.7 Å². The summed E-state index contributed by atoms with van der Waals surface area (Å²) in [5.41, 5.74) is 0.987. The molecule has 1 aromatic heterocycles. The van der Waals surface area contributed by atoms with Gasteiger partial charge in [0.15, 0.2) is 11.5 Å². The maximum absolute atomic E-state index is 12.4. The first-order valence-electron chi connectivity index (χ1n) is 6.63. The van der Waals surface area contributed by atoms with Gasteiger partial charge in [-0.2, -0.15) is 5.10 Å². The number of nitrogens with zero attached hydrogens (tertiary/aromatic N) is 4. The number of fused-ring (bicyclic) bond motifs is 1. The smallest absolute Gasteiger partial charge is 0.247 e. The standard InChI is InChI=1S/C14H16N4O3/c1-10(18-8-15-7-16-18)14(19)17(2)6-11-3-4-12-13(5-11)21-9-20-12/h3-5,7-8,10H,6,9H2,1-2H3/t10-/m0/s1. The van der Waals surface area contributed by atoms with Crippen molar-refractivity contribution in [1.29, 1.82) is 0 Å². The fourth-order valence-corrected chi connectivity index (χ4v) is 2.24. The third kappa shape index (κ3) is 2.67. The van der Waals surface area contributed by atoms with Crippen molar-refractivity contribution < 1.29 is 14.3 Å². The maximum atomic E-state index is 12.4. The van der Waals surface area contributed by atoms with E-state index in [0.29, 0.717) is 6.54 Å². The number of ether oxygens (including phenoxy) is 2. The van der Waals surface area contributed by atoms with E-state index in [1.807, 2.05) is 18.2 Å². The van der Waals surface area contributed by atoms with E-state index in [-0.39, 0.29) is 18.7 Å². The Morgan fingerprint density at radius 3 is 3.00 bits per heavy atom. The number of likely N-dealkylation sites (N-methyl/N-ethyl adjacent to an activating group) is 1. The molecule has 0 unspecified atom stereocenters. The predicted octanol–water partition coefficient (Wildman–Crippen LogP) is 1.23. The van der Waals surface area contributed by atoms with E-state index >= 15 is 0 Å². The van der Waals surface area contributed by atoms with Crippen LogP contribution in [0.1, 0.15) is 18.5 Å². The van der Waals surface area contributed by atoms with Crippen molar-refractivity contribution in [3.8, 4) is 11.5 Å². The lowest BCUT2D eigenvalue weighted by Crippen LogP contribution is -2.32. The summed E-state index contributed by atoms with van der Waals surface area (Å²) in [6.07, 6.45) is 2.96. The molecule has 1 aliphatic heterocycles. The van der Waals surface area contributed by atoms with Crippen molar-refractivity contribution in [3.05, 3.63) is 36.4 Å². The summed E-state index contributed by atoms with van der Waals surface area (Å²) in [5.74, 6) is 1.43. The number of hydrogen-bond acceptors (Lipinski definition) is 5. The van der Waals surface area contributed by atoms with Crippen molar-refractivity contribution in [1.82, 2.24) is 19.7 Å². The highest BCUT2D eigenvalue weighted by atomic mass is 16.7. The Balaban J connectivity index is 1.68. The first-order valence-corrected chi connectivity index (χ1v) is 6.63. The van der Waals surface area contributed by atoms with Gasteiger partial charge in [-0.15, -0.1) is 0 Å². The van der Waals surface area contributed by atoms with Gasteiger partial charge in [0, 0.05) is 13.6 Å². The van der Waals surface area contributed by atoms with Gasteiger partial charge >= 0.3 is 0 Å². The molecule has 0 saturated carbocycles. The summed E-state index contributed by atoms with van der Waals surface area (Å²) < 4.78 is 12.2. The minimum Gasteiger partial charge on any atom is -0.454 e. The molecule has 7 nitrogen and oxygen atoms in total. The second kappa shape index (κ2) is 5.43. The van der Waals surface area contributed by atoms with Gasteiger partial charge < -0.3 is 14.4 Å². The lowest BCUT2D eigenvalue weighted by molar-refractivity contribution is -0.133. The minimum atomic E-state index is -0.383. The summed E-state index contributed by atoms with van der Waals surface area (Å²) in [7, 11) is 1.76. The average molecular weight is 288 g/mol. The molecule has 0 N–H and O–H groups in total. The van der Waals surface area contributed by atoms with Gasteiger partial charge in [-0.3, -0.25) is 4.79 Å². The normalized spacial score (nSPS) is 14.0. The first kappa shape index (κ1) is 13.4. The topological polar surface area (TPSA) is 69.5 Å². The highest BCUT2D eigenvalue weighted by Gasteiger charge is 2.21. The molecule has 0 radical (unpaired) electrons. The highest BCUT2D eigenvalue weighted by Crippen LogP contribution is 2.32. The summed E-state index contributed by atoms with van der Waals surface area (Å²) in [5, 5.41) is 4.00. The van der Waals surface area contributed by atoms with Crippen LogP contribution >= 0.6 is 0 Å². The van der Waals surface area contributed by atoms with E-state index in [1.54, 1.807) is 23.6 Å². The molecule has 1 atom stereocenters. The van der Waals surface area contributed by atoms with Gasteiger partial charge in [0.1, 0.15) is 18.7 Å². The van der Waals surface area contributed by atoms with Gasteiger partial charge in [-0.25, -0.2) is 9.67 Å². The van der Waals surface area contributed by atoms with Crippen LogP contribution in [0.3, 0.4) is 0 Å². The maximum Gasteiger partial charge on any atom is 0.247 e. The fraction of sp³-hybridized carbons (Fsp3) is 0.357. The Kier molecular flexibility index (Phi) is 3.47. The number of amides is 1. The number of benzene rings is 1. The van der Waals surface area contributed by atoms with Crippen molar-refractivity contribution >= 4 is 5.91 Å². The van der Waals surface area contributed by atoms with Crippen molar-refractivity contribution in [2.75, 3.05) is 13.8 Å². The number of aromatic nitrogens is 3. The fourth-order valence-electron chi connectivity index (χ4n) is 2.24. The van der Waals surface area contributed by atoms with E-state index in [0.717, 1.165) is 17.1 Å². The lowest BCUT2D eigenvalue weighted by atomic mass is 10.2. The summed E-state index contributed by atoms with van der Waals surface area (Å²) in [6.45, 7) is 2.54. The Bertz CT molecular complexity index is 642. The van der Waals surface area contributed by atoms with Crippen LogP contribution in [0.25, 0.3) is 0 Å². The summed E-state index contributed by atoms with van der Waals surface area (Å²) in [4.78, 5) is 17.9. The van der Waals surface area contributed by atoms with Gasteiger partial charge in [0.05, 0.1) is 0 Å². The number of rotatable bonds is 4. The van der Waals surface area contributed by atoms with E-state index in [2.05, 4.69) is 10.1 Å². The molecular formula is C14H16N4O3. The zero-order valence-corrected chi connectivity index (χ0v) is 11.9. The monoisotopic (exact) mass is 288 g/mol. The lowest BCUT2D eigenvalue weighted by Gasteiger charge is -2.21. The molecule has 1 aromatic carbocycles. The van der Waals surface area contributed by atoms with Crippen LogP contribution < -0.4 is 9.47 Å². The molecule has 7 heteroatoms. The van der Waals surface area contributed by atoms with Crippen molar-refractivity contribution in [2.45, 2.75) is 19.5 Å². The molecule has 21 heavy (non-hydrogen) atoms. The average Bonchev–Trinajstić information content (AvgIpc) is 3.16. The Morgan fingerprint density at radius 1 is 1.43 bits per heavy atom. The van der Waals surface area contributed by atoms with Crippen LogP contribution in [0, 0.1) is 0 Å². The summed E-state index contributed by atoms with van der Waals surface area (Å²) in [6, 6.07) is 5.30. The van der Waals surface area contributed by atoms with E-state index in [9.17, 15) is 4.79 Å². The first-order chi connectivity index (χ1) is 10.1. The van der Waals surface area contributed by atoms with E-state index in [1.165, 1.54) is 12.7 Å². The van der Waals surface area contributed by atoms with Gasteiger partial charge in [-0.1, -0.05) is 6.07 Å². The highest BCUT2D eigenvalue weighted by molar-refractivity contribution is 5.79. The van der Waals surface area contributed by atoms with Crippen LogP contribution in [-0.2, 0) is 11.3 Å². The molecule has 2 aromatic rings. The van der Waals surface area contributed by atoms with Crippen LogP contribution in [-0.4, -0.2) is 39.4 Å². The zero-order chi connectivity index (χ0) is 14.8. The van der Waals surface area contributed by atoms with Crippen LogP contribution in [0.5, 0.6) is 11.5 Å². The van der Waals surface area contributed by atoms with Crippen molar-refractivity contribution in [3.63, 3.8) is 0 Å². The molecule has 0 aliphatic carbocycles. The SMILES string of the molecule is C[C@@H](C(=O)N(C)Cc1ccc2c(c1)OCO2)n1cncn1. The third-order valence-corrected chi connectivity index (χ3v) is 3.42. The summed E-state index contributed by atoms with van der Waals surface area (Å²) >= 11 is 0. The Hall–Kier alpha value is -2.57. The second-order valence-electron chi connectivity index (χ2n) is 4.93. The zero-order valence-electron chi connectivity index (χ0n) is 11.9. The number of carbonyl (C=O) groups excluding carboxylic acids is 1. The van der Waals surface area contributed by atoms with Crippen molar-refractivity contribution in [2.24, 2.45) is 0 Å². The van der Waals surface area contributed by atoms with Gasteiger partial charge in [-0.05, 0) is 24.6 Å². The molecule has 0 spiro atoms. The van der Waals surface area contributed by atoms with Crippen LogP contribution in [0.4, 0.5) is 0 Å². The van der Waals surface area contributed by atoms with Crippen LogP contribution in [0.2, 0.25) is 0 Å².